The number of aliphatic carboxylic acids is 2. The van der Waals surface area contributed by atoms with Crippen molar-refractivity contribution < 1.29 is 47.9 Å². The van der Waals surface area contributed by atoms with Crippen LogP contribution in [0.25, 0.3) is 0 Å². The van der Waals surface area contributed by atoms with Crippen molar-refractivity contribution in [1.29, 1.82) is 0 Å². The summed E-state index contributed by atoms with van der Waals surface area (Å²) in [5.41, 5.74) is 5.42. The van der Waals surface area contributed by atoms with Crippen LogP contribution in [0.5, 0.6) is 0 Å². The Kier molecular flexibility index (Phi) is 6.34. The maximum absolute atomic E-state index is 10.6. The predicted molar refractivity (Wildman–Crippen MR) is 55.7 cm³/mol. The van der Waals surface area contributed by atoms with Crippen molar-refractivity contribution in [1.82, 2.24) is 0 Å². The highest BCUT2D eigenvalue weighted by Crippen LogP contribution is 2.23. The predicted octanol–water partition coefficient (Wildman–Crippen LogP) is -1.46. The molecule has 0 aromatic carbocycles. The van der Waals surface area contributed by atoms with Gasteiger partial charge in [-0.15, -0.1) is 0 Å². The van der Waals surface area contributed by atoms with Crippen molar-refractivity contribution in [2.45, 2.75) is 43.6 Å². The van der Waals surface area contributed by atoms with Crippen LogP contribution in [-0.4, -0.2) is 69.0 Å². The van der Waals surface area contributed by atoms with Gasteiger partial charge in [0.15, 0.2) is 6.10 Å². The molecule has 1 fully saturated rings. The standard InChI is InChI=1S/C7H13NO5.C2HF3O2/c1-2(8)5-3(9)4(10)6(13-5)7(11)12;3-2(4,5)1(6)7/h2-6,9-10H,8H2,1H3,(H,11,12);(H,6,7)/t2-,3+,4-,5-,6-;/m0./s1. The maximum atomic E-state index is 10.6. The Morgan fingerprint density at radius 1 is 1.20 bits per heavy atom. The van der Waals surface area contributed by atoms with E-state index in [0.29, 0.717) is 0 Å². The highest BCUT2D eigenvalue weighted by Gasteiger charge is 2.47. The van der Waals surface area contributed by atoms with E-state index in [1.54, 1.807) is 6.92 Å². The normalized spacial score (nSPS) is 31.1. The van der Waals surface area contributed by atoms with Crippen molar-refractivity contribution in [2.24, 2.45) is 5.73 Å². The van der Waals surface area contributed by atoms with Crippen LogP contribution >= 0.6 is 0 Å². The van der Waals surface area contributed by atoms with E-state index >= 15 is 0 Å². The van der Waals surface area contributed by atoms with Crippen LogP contribution in [-0.2, 0) is 14.3 Å². The molecule has 20 heavy (non-hydrogen) atoms. The Morgan fingerprint density at radius 3 is 1.75 bits per heavy atom. The summed E-state index contributed by atoms with van der Waals surface area (Å²) in [6.45, 7) is 1.57. The Morgan fingerprint density at radius 2 is 1.60 bits per heavy atom. The van der Waals surface area contributed by atoms with Gasteiger partial charge in [0.25, 0.3) is 0 Å². The number of hydrogen-bond donors (Lipinski definition) is 5. The number of carbonyl (C=O) groups is 2. The van der Waals surface area contributed by atoms with Gasteiger partial charge in [0.1, 0.15) is 18.3 Å². The van der Waals surface area contributed by atoms with Crippen LogP contribution in [0.1, 0.15) is 6.92 Å². The highest BCUT2D eigenvalue weighted by atomic mass is 19.4. The van der Waals surface area contributed by atoms with Crippen molar-refractivity contribution >= 4 is 11.9 Å². The summed E-state index contributed by atoms with van der Waals surface area (Å²) in [6.07, 6.45) is -9.93. The molecule has 8 nitrogen and oxygen atoms in total. The number of halogens is 3. The third kappa shape index (κ3) is 4.92. The third-order valence-electron chi connectivity index (χ3n) is 2.30. The zero-order valence-corrected chi connectivity index (χ0v) is 10.1. The first kappa shape index (κ1) is 18.6. The van der Waals surface area contributed by atoms with E-state index in [1.807, 2.05) is 0 Å². The lowest BCUT2D eigenvalue weighted by molar-refractivity contribution is -0.192. The van der Waals surface area contributed by atoms with Crippen molar-refractivity contribution in [3.8, 4) is 0 Å². The van der Waals surface area contributed by atoms with E-state index in [0.717, 1.165) is 0 Å². The van der Waals surface area contributed by atoms with Gasteiger partial charge in [-0.25, -0.2) is 9.59 Å². The maximum Gasteiger partial charge on any atom is 0.490 e. The van der Waals surface area contributed by atoms with Gasteiger partial charge in [-0.2, -0.15) is 13.2 Å². The molecule has 0 bridgehead atoms. The fourth-order valence-corrected chi connectivity index (χ4v) is 1.34. The molecule has 5 atom stereocenters. The fraction of sp³-hybridized carbons (Fsp3) is 0.778. The number of alkyl halides is 3. The number of carboxylic acids is 2. The molecule has 6 N–H and O–H groups in total. The van der Waals surface area contributed by atoms with Gasteiger partial charge in [0.2, 0.25) is 0 Å². The second-order valence-electron chi connectivity index (χ2n) is 4.00. The molecule has 1 saturated heterocycles. The average Bonchev–Trinajstić information content (AvgIpc) is 2.55. The van der Waals surface area contributed by atoms with Crippen LogP contribution in [0.3, 0.4) is 0 Å². The third-order valence-corrected chi connectivity index (χ3v) is 2.30. The van der Waals surface area contributed by atoms with E-state index in [4.69, 9.17) is 25.5 Å². The van der Waals surface area contributed by atoms with Crippen molar-refractivity contribution in [3.05, 3.63) is 0 Å². The van der Waals surface area contributed by atoms with E-state index in [-0.39, 0.29) is 0 Å². The van der Waals surface area contributed by atoms with Crippen LogP contribution in [0.2, 0.25) is 0 Å². The molecule has 118 valence electrons. The summed E-state index contributed by atoms with van der Waals surface area (Å²) in [5.74, 6) is -4.05. The Hall–Kier alpha value is -1.43. The van der Waals surface area contributed by atoms with Crippen molar-refractivity contribution in [3.63, 3.8) is 0 Å². The van der Waals surface area contributed by atoms with Crippen LogP contribution in [0.15, 0.2) is 0 Å². The number of aliphatic hydroxyl groups is 2. The Labute approximate surface area is 110 Å². The quantitative estimate of drug-likeness (QED) is 0.415. The van der Waals surface area contributed by atoms with E-state index in [9.17, 15) is 28.2 Å². The largest absolute Gasteiger partial charge is 0.490 e. The SMILES string of the molecule is C[C@H](N)[C@@H]1O[C@H](C(=O)O)[C@@H](O)[C@H]1O.O=C(O)C(F)(F)F. The second kappa shape index (κ2) is 6.83. The van der Waals surface area contributed by atoms with Crippen LogP contribution in [0.4, 0.5) is 13.2 Å². The molecule has 11 heteroatoms. The first-order valence-corrected chi connectivity index (χ1v) is 5.19. The minimum Gasteiger partial charge on any atom is -0.479 e. The molecule has 0 spiro atoms. The number of ether oxygens (including phenoxy) is 1. The molecule has 1 aliphatic heterocycles. The van der Waals surface area contributed by atoms with E-state index < -0.39 is 48.6 Å². The smallest absolute Gasteiger partial charge is 0.479 e. The lowest BCUT2D eigenvalue weighted by Crippen LogP contribution is -2.41. The average molecular weight is 305 g/mol. The minimum absolute atomic E-state index is 0.519. The summed E-state index contributed by atoms with van der Waals surface area (Å²) in [5, 5.41) is 34.3. The topological polar surface area (TPSA) is 150 Å². The number of carboxylic acid groups (broad SMARTS) is 2. The minimum atomic E-state index is -5.08. The summed E-state index contributed by atoms with van der Waals surface area (Å²) in [6, 6.07) is -0.519. The van der Waals surface area contributed by atoms with Gasteiger partial charge >= 0.3 is 18.1 Å². The van der Waals surface area contributed by atoms with Crippen molar-refractivity contribution in [2.75, 3.05) is 0 Å². The molecular formula is C9H14F3NO7. The molecular weight excluding hydrogens is 291 g/mol. The number of rotatable bonds is 2. The highest BCUT2D eigenvalue weighted by molar-refractivity contribution is 5.73. The summed E-state index contributed by atoms with van der Waals surface area (Å²) >= 11 is 0. The van der Waals surface area contributed by atoms with Gasteiger partial charge in [-0.3, -0.25) is 0 Å². The monoisotopic (exact) mass is 305 g/mol. The summed E-state index contributed by atoms with van der Waals surface area (Å²) in [7, 11) is 0. The van der Waals surface area contributed by atoms with Crippen LogP contribution < -0.4 is 5.73 Å². The first-order valence-electron chi connectivity index (χ1n) is 5.19. The second-order valence-corrected chi connectivity index (χ2v) is 4.00. The molecule has 0 aromatic rings. The van der Waals surface area contributed by atoms with Gasteiger partial charge in [-0.1, -0.05) is 0 Å². The lowest BCUT2D eigenvalue weighted by atomic mass is 10.0. The molecule has 0 aliphatic carbocycles. The van der Waals surface area contributed by atoms with Gasteiger partial charge in [0.05, 0.1) is 0 Å². The van der Waals surface area contributed by atoms with Gasteiger partial charge in [-0.05, 0) is 6.92 Å². The molecule has 1 heterocycles. The number of aliphatic hydroxyl groups excluding tert-OH is 2. The molecule has 0 amide bonds. The first-order chi connectivity index (χ1) is 8.89. The zero-order chi connectivity index (χ0) is 16.2. The zero-order valence-electron chi connectivity index (χ0n) is 10.1. The molecule has 1 rings (SSSR count). The summed E-state index contributed by atoms with van der Waals surface area (Å²) in [4.78, 5) is 19.4. The van der Waals surface area contributed by atoms with E-state index in [1.165, 1.54) is 0 Å². The Balaban J connectivity index is 0.000000441. The van der Waals surface area contributed by atoms with E-state index in [2.05, 4.69) is 0 Å². The Bertz CT molecular complexity index is 360. The van der Waals surface area contributed by atoms with Gasteiger partial charge < -0.3 is 30.9 Å². The van der Waals surface area contributed by atoms with Gasteiger partial charge in [0, 0.05) is 6.04 Å². The molecule has 0 unspecified atom stereocenters. The molecule has 0 aromatic heterocycles. The number of hydrogen-bond acceptors (Lipinski definition) is 6. The number of nitrogens with two attached hydrogens (primary N) is 1. The van der Waals surface area contributed by atoms with Crippen LogP contribution in [0, 0.1) is 0 Å². The molecule has 1 aliphatic rings. The lowest BCUT2D eigenvalue weighted by Gasteiger charge is -2.17. The molecule has 0 saturated carbocycles. The molecule has 0 radical (unpaired) electrons. The summed E-state index contributed by atoms with van der Waals surface area (Å²) < 4.78 is 36.6. The fourth-order valence-electron chi connectivity index (χ4n) is 1.34.